The lowest BCUT2D eigenvalue weighted by molar-refractivity contribution is -0.147. The molecule has 96 valence electrons. The van der Waals surface area contributed by atoms with Crippen molar-refractivity contribution in [2.24, 2.45) is 0 Å². The number of aliphatic carboxylic acids is 1. The molecule has 3 rings (SSSR count). The molecule has 0 aliphatic heterocycles. The van der Waals surface area contributed by atoms with Crippen LogP contribution in [0.5, 0.6) is 5.75 Å². The van der Waals surface area contributed by atoms with Gasteiger partial charge < -0.3 is 10.2 Å². The summed E-state index contributed by atoms with van der Waals surface area (Å²) in [5.74, 6) is -0.597. The minimum atomic E-state index is -0.813. The van der Waals surface area contributed by atoms with Gasteiger partial charge in [0, 0.05) is 5.56 Å². The van der Waals surface area contributed by atoms with Crippen molar-refractivity contribution < 1.29 is 15.0 Å². The number of fused-ring (bicyclic) bond motifs is 1. The van der Waals surface area contributed by atoms with Gasteiger partial charge in [-0.3, -0.25) is 4.79 Å². The molecule has 3 heteroatoms. The summed E-state index contributed by atoms with van der Waals surface area (Å²) in [6.45, 7) is 0. The quantitative estimate of drug-likeness (QED) is 0.843. The number of phenols is 1. The number of benzene rings is 1. The number of carboxylic acids is 1. The molecule has 1 aromatic carbocycles. The standard InChI is InChI=1S/C15H18O3/c16-12-7-6-10-4-1-2-5-11(10)13(12)15(14(17)18)8-3-9-15/h6-7,16H,1-5,8-9H2,(H,17,18). The first-order valence-electron chi connectivity index (χ1n) is 6.73. The number of rotatable bonds is 2. The molecule has 0 heterocycles. The van der Waals surface area contributed by atoms with Gasteiger partial charge in [-0.05, 0) is 55.7 Å². The van der Waals surface area contributed by atoms with Crippen LogP contribution in [0.15, 0.2) is 12.1 Å². The highest BCUT2D eigenvalue weighted by Gasteiger charge is 2.49. The van der Waals surface area contributed by atoms with E-state index in [0.717, 1.165) is 43.2 Å². The number of carbonyl (C=O) groups is 1. The topological polar surface area (TPSA) is 57.5 Å². The predicted octanol–water partition coefficient (Wildman–Crippen LogP) is 2.78. The molecular formula is C15H18O3. The van der Waals surface area contributed by atoms with Crippen molar-refractivity contribution >= 4 is 5.97 Å². The smallest absolute Gasteiger partial charge is 0.314 e. The third-order valence-electron chi connectivity index (χ3n) is 4.61. The van der Waals surface area contributed by atoms with E-state index >= 15 is 0 Å². The number of hydrogen-bond donors (Lipinski definition) is 2. The average molecular weight is 246 g/mol. The molecule has 0 aromatic heterocycles. The fourth-order valence-electron chi connectivity index (χ4n) is 3.45. The minimum Gasteiger partial charge on any atom is -0.508 e. The van der Waals surface area contributed by atoms with E-state index in [1.807, 2.05) is 6.07 Å². The molecule has 0 saturated heterocycles. The van der Waals surface area contributed by atoms with Gasteiger partial charge in [-0.15, -0.1) is 0 Å². The summed E-state index contributed by atoms with van der Waals surface area (Å²) in [5.41, 5.74) is 2.26. The number of hydrogen-bond acceptors (Lipinski definition) is 2. The van der Waals surface area contributed by atoms with Gasteiger partial charge in [0.1, 0.15) is 5.75 Å². The Morgan fingerprint density at radius 3 is 2.44 bits per heavy atom. The molecule has 0 unspecified atom stereocenters. The summed E-state index contributed by atoms with van der Waals surface area (Å²) in [4.78, 5) is 11.6. The van der Waals surface area contributed by atoms with E-state index in [9.17, 15) is 15.0 Å². The Balaban J connectivity index is 2.18. The van der Waals surface area contributed by atoms with Crippen molar-refractivity contribution in [3.8, 4) is 5.75 Å². The number of aryl methyl sites for hydroxylation is 1. The first-order valence-corrected chi connectivity index (χ1v) is 6.73. The minimum absolute atomic E-state index is 0.178. The third-order valence-corrected chi connectivity index (χ3v) is 4.61. The summed E-state index contributed by atoms with van der Waals surface area (Å²) in [5, 5.41) is 19.7. The number of aromatic hydroxyl groups is 1. The van der Waals surface area contributed by atoms with Gasteiger partial charge in [0.15, 0.2) is 0 Å². The molecule has 1 saturated carbocycles. The summed E-state index contributed by atoms with van der Waals surface area (Å²) in [6, 6.07) is 3.64. The number of carboxylic acid groups (broad SMARTS) is 1. The van der Waals surface area contributed by atoms with Gasteiger partial charge in [-0.1, -0.05) is 12.5 Å². The molecule has 18 heavy (non-hydrogen) atoms. The first-order chi connectivity index (χ1) is 8.65. The Bertz CT molecular complexity index is 501. The predicted molar refractivity (Wildman–Crippen MR) is 67.9 cm³/mol. The summed E-state index contributed by atoms with van der Waals surface area (Å²) in [7, 11) is 0. The van der Waals surface area contributed by atoms with E-state index in [0.29, 0.717) is 12.8 Å². The fourth-order valence-corrected chi connectivity index (χ4v) is 3.45. The van der Waals surface area contributed by atoms with Gasteiger partial charge >= 0.3 is 5.97 Å². The van der Waals surface area contributed by atoms with E-state index in [4.69, 9.17) is 0 Å². The molecule has 0 atom stereocenters. The van der Waals surface area contributed by atoms with E-state index in [1.54, 1.807) is 6.07 Å². The van der Waals surface area contributed by atoms with Crippen molar-refractivity contribution in [1.82, 2.24) is 0 Å². The van der Waals surface area contributed by atoms with E-state index < -0.39 is 11.4 Å². The van der Waals surface area contributed by atoms with E-state index in [2.05, 4.69) is 0 Å². The molecular weight excluding hydrogens is 228 g/mol. The molecule has 1 aromatic rings. The largest absolute Gasteiger partial charge is 0.508 e. The maximum Gasteiger partial charge on any atom is 0.314 e. The zero-order valence-electron chi connectivity index (χ0n) is 10.4. The molecule has 0 amide bonds. The second-order valence-corrected chi connectivity index (χ2v) is 5.55. The van der Waals surface area contributed by atoms with Crippen LogP contribution < -0.4 is 0 Å². The van der Waals surface area contributed by atoms with Gasteiger partial charge in [0.2, 0.25) is 0 Å². The van der Waals surface area contributed by atoms with Crippen LogP contribution in [0.25, 0.3) is 0 Å². The van der Waals surface area contributed by atoms with Gasteiger partial charge in [0.25, 0.3) is 0 Å². The normalized spacial score (nSPS) is 20.9. The second kappa shape index (κ2) is 4.01. The lowest BCUT2D eigenvalue weighted by atomic mass is 9.62. The molecule has 1 fully saturated rings. The average Bonchev–Trinajstić information content (AvgIpc) is 2.30. The highest BCUT2D eigenvalue weighted by Crippen LogP contribution is 2.50. The maximum absolute atomic E-state index is 11.6. The second-order valence-electron chi connectivity index (χ2n) is 5.55. The molecule has 2 aliphatic carbocycles. The molecule has 2 aliphatic rings. The zero-order valence-corrected chi connectivity index (χ0v) is 10.4. The lowest BCUT2D eigenvalue weighted by Crippen LogP contribution is -2.43. The number of phenolic OH excluding ortho intramolecular Hbond substituents is 1. The molecule has 0 bridgehead atoms. The van der Waals surface area contributed by atoms with Crippen LogP contribution in [0.4, 0.5) is 0 Å². The van der Waals surface area contributed by atoms with E-state index in [1.165, 1.54) is 5.56 Å². The Morgan fingerprint density at radius 1 is 1.11 bits per heavy atom. The van der Waals surface area contributed by atoms with Crippen LogP contribution in [-0.4, -0.2) is 16.2 Å². The van der Waals surface area contributed by atoms with Crippen LogP contribution in [0, 0.1) is 0 Å². The van der Waals surface area contributed by atoms with Gasteiger partial charge in [-0.2, -0.15) is 0 Å². The first kappa shape index (κ1) is 11.6. The third kappa shape index (κ3) is 1.46. The molecule has 2 N–H and O–H groups in total. The Labute approximate surface area is 106 Å². The summed E-state index contributed by atoms with van der Waals surface area (Å²) >= 11 is 0. The molecule has 3 nitrogen and oxygen atoms in total. The van der Waals surface area contributed by atoms with Crippen LogP contribution in [0.3, 0.4) is 0 Å². The van der Waals surface area contributed by atoms with Crippen LogP contribution >= 0.6 is 0 Å². The Morgan fingerprint density at radius 2 is 1.83 bits per heavy atom. The van der Waals surface area contributed by atoms with Crippen LogP contribution in [0.1, 0.15) is 48.8 Å². The zero-order chi connectivity index (χ0) is 12.8. The Kier molecular flexibility index (Phi) is 2.58. The lowest BCUT2D eigenvalue weighted by Gasteiger charge is -2.40. The highest BCUT2D eigenvalue weighted by molar-refractivity contribution is 5.84. The van der Waals surface area contributed by atoms with Crippen LogP contribution in [0.2, 0.25) is 0 Å². The van der Waals surface area contributed by atoms with Gasteiger partial charge in [0.05, 0.1) is 5.41 Å². The molecule has 0 spiro atoms. The highest BCUT2D eigenvalue weighted by atomic mass is 16.4. The van der Waals surface area contributed by atoms with Crippen molar-refractivity contribution in [2.45, 2.75) is 50.4 Å². The van der Waals surface area contributed by atoms with Crippen molar-refractivity contribution in [3.63, 3.8) is 0 Å². The van der Waals surface area contributed by atoms with Crippen LogP contribution in [-0.2, 0) is 23.1 Å². The SMILES string of the molecule is O=C(O)C1(c2c(O)ccc3c2CCCC3)CCC1. The maximum atomic E-state index is 11.6. The van der Waals surface area contributed by atoms with Crippen molar-refractivity contribution in [3.05, 3.63) is 28.8 Å². The monoisotopic (exact) mass is 246 g/mol. The molecule has 0 radical (unpaired) electrons. The van der Waals surface area contributed by atoms with E-state index in [-0.39, 0.29) is 5.75 Å². The summed E-state index contributed by atoms with van der Waals surface area (Å²) in [6.07, 6.45) is 6.44. The Hall–Kier alpha value is -1.51. The van der Waals surface area contributed by atoms with Crippen molar-refractivity contribution in [2.75, 3.05) is 0 Å². The fraction of sp³-hybridized carbons (Fsp3) is 0.533. The van der Waals surface area contributed by atoms with Gasteiger partial charge in [-0.25, -0.2) is 0 Å². The summed E-state index contributed by atoms with van der Waals surface area (Å²) < 4.78 is 0. The van der Waals surface area contributed by atoms with Crippen molar-refractivity contribution in [1.29, 1.82) is 0 Å².